The Labute approximate surface area is 93.5 Å². The van der Waals surface area contributed by atoms with Crippen LogP contribution in [-0.4, -0.2) is 43.6 Å². The summed E-state index contributed by atoms with van der Waals surface area (Å²) in [6, 6.07) is 0. The summed E-state index contributed by atoms with van der Waals surface area (Å²) in [5.41, 5.74) is -5.46. The summed E-state index contributed by atoms with van der Waals surface area (Å²) in [6.07, 6.45) is 0. The van der Waals surface area contributed by atoms with Crippen molar-refractivity contribution < 1.29 is 30.0 Å². The van der Waals surface area contributed by atoms with Gasteiger partial charge in [-0.05, 0) is 11.8 Å². The van der Waals surface area contributed by atoms with E-state index in [4.69, 9.17) is 10.2 Å². The lowest BCUT2D eigenvalue weighted by molar-refractivity contribution is -0.225. The molecule has 94 valence electrons. The number of aliphatic hydroxyl groups is 2. The van der Waals surface area contributed by atoms with Gasteiger partial charge in [-0.2, -0.15) is 0 Å². The molecule has 0 aliphatic heterocycles. The molecule has 0 rings (SSSR count). The normalized spacial score (nSPS) is 19.2. The van der Waals surface area contributed by atoms with E-state index >= 15 is 0 Å². The Hall–Kier alpha value is -1.14. The van der Waals surface area contributed by atoms with Crippen LogP contribution in [0.25, 0.3) is 0 Å². The van der Waals surface area contributed by atoms with Crippen molar-refractivity contribution in [3.8, 4) is 0 Å². The minimum atomic E-state index is -2.73. The highest BCUT2D eigenvalue weighted by Gasteiger charge is 2.63. The molecular formula is C10H18O6. The molecule has 0 spiro atoms. The summed E-state index contributed by atoms with van der Waals surface area (Å²) < 4.78 is 0. The quantitative estimate of drug-likeness (QED) is 0.529. The molecule has 0 fully saturated rings. The number of hydrogen-bond donors (Lipinski definition) is 4. The molecule has 0 radical (unpaired) electrons. The molecule has 0 aliphatic rings. The monoisotopic (exact) mass is 234 g/mol. The van der Waals surface area contributed by atoms with Gasteiger partial charge in [0.15, 0.2) is 0 Å². The van der Waals surface area contributed by atoms with Crippen molar-refractivity contribution in [1.82, 2.24) is 0 Å². The zero-order valence-corrected chi connectivity index (χ0v) is 9.76. The minimum absolute atomic E-state index is 0.950. The largest absolute Gasteiger partial charge is 0.479 e. The van der Waals surface area contributed by atoms with Crippen LogP contribution in [0.1, 0.15) is 27.7 Å². The summed E-state index contributed by atoms with van der Waals surface area (Å²) >= 11 is 0. The average Bonchev–Trinajstić information content (AvgIpc) is 2.13. The van der Waals surface area contributed by atoms with Crippen LogP contribution in [-0.2, 0) is 9.59 Å². The van der Waals surface area contributed by atoms with Crippen LogP contribution in [0, 0.1) is 11.8 Å². The fraction of sp³-hybridized carbons (Fsp3) is 0.800. The maximum Gasteiger partial charge on any atom is 0.339 e. The van der Waals surface area contributed by atoms with Gasteiger partial charge in [-0.25, -0.2) is 9.59 Å². The fourth-order valence-electron chi connectivity index (χ4n) is 1.70. The summed E-state index contributed by atoms with van der Waals surface area (Å²) in [7, 11) is 0. The topological polar surface area (TPSA) is 115 Å². The molecular weight excluding hydrogens is 216 g/mol. The molecule has 0 bridgehead atoms. The molecule has 0 saturated carbocycles. The molecule has 0 heterocycles. The molecule has 16 heavy (non-hydrogen) atoms. The zero-order valence-electron chi connectivity index (χ0n) is 9.76. The van der Waals surface area contributed by atoms with Crippen molar-refractivity contribution in [2.75, 3.05) is 0 Å². The van der Waals surface area contributed by atoms with Gasteiger partial charge in [-0.15, -0.1) is 0 Å². The molecule has 6 nitrogen and oxygen atoms in total. The second-order valence-corrected chi connectivity index (χ2v) is 4.45. The first-order chi connectivity index (χ1) is 7.02. The van der Waals surface area contributed by atoms with Crippen molar-refractivity contribution in [2.45, 2.75) is 38.9 Å². The predicted octanol–water partition coefficient (Wildman–Crippen LogP) is -0.0702. The first-order valence-corrected chi connectivity index (χ1v) is 4.94. The average molecular weight is 234 g/mol. The Bertz CT molecular complexity index is 268. The lowest BCUT2D eigenvalue weighted by Gasteiger charge is -2.42. The van der Waals surface area contributed by atoms with Gasteiger partial charge in [0, 0.05) is 0 Å². The van der Waals surface area contributed by atoms with E-state index in [-0.39, 0.29) is 0 Å². The molecule has 2 atom stereocenters. The third-order valence-electron chi connectivity index (χ3n) is 2.90. The van der Waals surface area contributed by atoms with Crippen LogP contribution in [0.15, 0.2) is 0 Å². The fourth-order valence-corrected chi connectivity index (χ4v) is 1.70. The van der Waals surface area contributed by atoms with E-state index < -0.39 is 35.0 Å². The highest BCUT2D eigenvalue weighted by atomic mass is 16.5. The molecule has 6 heteroatoms. The molecule has 0 unspecified atom stereocenters. The lowest BCUT2D eigenvalue weighted by Crippen LogP contribution is -2.68. The number of aliphatic carboxylic acids is 2. The number of hydrogen-bond acceptors (Lipinski definition) is 4. The van der Waals surface area contributed by atoms with Crippen LogP contribution >= 0.6 is 0 Å². The van der Waals surface area contributed by atoms with Gasteiger partial charge in [0.05, 0.1) is 0 Å². The van der Waals surface area contributed by atoms with Gasteiger partial charge in [0.2, 0.25) is 11.2 Å². The summed E-state index contributed by atoms with van der Waals surface area (Å²) in [6.45, 7) is 5.35. The number of carboxylic acid groups (broad SMARTS) is 2. The van der Waals surface area contributed by atoms with Crippen LogP contribution < -0.4 is 0 Å². The number of rotatable bonds is 5. The van der Waals surface area contributed by atoms with Gasteiger partial charge in [0.1, 0.15) is 0 Å². The van der Waals surface area contributed by atoms with E-state index in [0.29, 0.717) is 0 Å². The Morgan fingerprint density at radius 3 is 1.06 bits per heavy atom. The Morgan fingerprint density at radius 2 is 1.00 bits per heavy atom. The first kappa shape index (κ1) is 14.9. The van der Waals surface area contributed by atoms with Crippen molar-refractivity contribution in [2.24, 2.45) is 11.8 Å². The minimum Gasteiger partial charge on any atom is -0.479 e. The van der Waals surface area contributed by atoms with E-state index in [1.165, 1.54) is 27.7 Å². The van der Waals surface area contributed by atoms with E-state index in [1.54, 1.807) is 0 Å². The molecule has 0 amide bonds. The van der Waals surface area contributed by atoms with Crippen LogP contribution in [0.4, 0.5) is 0 Å². The Morgan fingerprint density at radius 1 is 0.812 bits per heavy atom. The second-order valence-electron chi connectivity index (χ2n) is 4.45. The van der Waals surface area contributed by atoms with Gasteiger partial charge >= 0.3 is 11.9 Å². The van der Waals surface area contributed by atoms with Crippen molar-refractivity contribution in [1.29, 1.82) is 0 Å². The van der Waals surface area contributed by atoms with E-state index in [1.807, 2.05) is 0 Å². The first-order valence-electron chi connectivity index (χ1n) is 4.94. The predicted molar refractivity (Wildman–Crippen MR) is 54.8 cm³/mol. The molecule has 0 aromatic heterocycles. The van der Waals surface area contributed by atoms with E-state index in [9.17, 15) is 19.8 Å². The van der Waals surface area contributed by atoms with Gasteiger partial charge in [-0.3, -0.25) is 0 Å². The van der Waals surface area contributed by atoms with Crippen molar-refractivity contribution in [3.05, 3.63) is 0 Å². The van der Waals surface area contributed by atoms with Crippen LogP contribution in [0.5, 0.6) is 0 Å². The molecule has 4 N–H and O–H groups in total. The summed E-state index contributed by atoms with van der Waals surface area (Å²) in [5.74, 6) is -5.40. The van der Waals surface area contributed by atoms with Gasteiger partial charge in [-0.1, -0.05) is 27.7 Å². The highest BCUT2D eigenvalue weighted by Crippen LogP contribution is 2.36. The maximum atomic E-state index is 11.0. The number of carboxylic acids is 2. The SMILES string of the molecule is CC(C)[C@@](O)(C(=O)O)[C@](O)(C(=O)O)C(C)C. The molecule has 0 aromatic carbocycles. The highest BCUT2D eigenvalue weighted by molar-refractivity contribution is 5.91. The smallest absolute Gasteiger partial charge is 0.339 e. The van der Waals surface area contributed by atoms with Gasteiger partial charge in [0.25, 0.3) is 0 Å². The van der Waals surface area contributed by atoms with Crippen molar-refractivity contribution in [3.63, 3.8) is 0 Å². The second kappa shape index (κ2) is 4.39. The third kappa shape index (κ3) is 1.78. The van der Waals surface area contributed by atoms with E-state index in [0.717, 1.165) is 0 Å². The standard InChI is InChI=1S/C10H18O6/c1-5(2)9(15,7(11)12)10(16,6(3)4)8(13)14/h5-6,15-16H,1-4H3,(H,11,12)(H,13,14)/t9-,10-/m1/s1. The van der Waals surface area contributed by atoms with Crippen LogP contribution in [0.3, 0.4) is 0 Å². The lowest BCUT2D eigenvalue weighted by atomic mass is 9.69. The summed E-state index contributed by atoms with van der Waals surface area (Å²) in [5, 5.41) is 37.9. The van der Waals surface area contributed by atoms with Gasteiger partial charge < -0.3 is 20.4 Å². The maximum absolute atomic E-state index is 11.0. The number of carbonyl (C=O) groups is 2. The van der Waals surface area contributed by atoms with Crippen LogP contribution in [0.2, 0.25) is 0 Å². The van der Waals surface area contributed by atoms with Crippen molar-refractivity contribution >= 4 is 11.9 Å². The Kier molecular flexibility index (Phi) is 4.07. The van der Waals surface area contributed by atoms with E-state index in [2.05, 4.69) is 0 Å². The Balaban J connectivity index is 5.84. The molecule has 0 aliphatic carbocycles. The summed E-state index contributed by atoms with van der Waals surface area (Å²) in [4.78, 5) is 22.1. The third-order valence-corrected chi connectivity index (χ3v) is 2.90. The molecule has 0 saturated heterocycles. The molecule has 0 aromatic rings. The zero-order chi connectivity index (χ0) is 13.3.